The Morgan fingerprint density at radius 2 is 2.00 bits per heavy atom. The quantitative estimate of drug-likeness (QED) is 0.352. The Kier molecular flexibility index (Phi) is 5.60. The monoisotopic (exact) mass is 440 g/mol. The number of nitrogens with zero attached hydrogens (tertiary/aromatic N) is 4. The zero-order valence-corrected chi connectivity index (χ0v) is 18.1. The molecule has 0 aliphatic heterocycles. The maximum Gasteiger partial charge on any atom is 0.295 e. The molecule has 10 heteroatoms. The van der Waals surface area contributed by atoms with Crippen molar-refractivity contribution in [1.82, 2.24) is 19.3 Å². The third-order valence-electron chi connectivity index (χ3n) is 4.71. The summed E-state index contributed by atoms with van der Waals surface area (Å²) in [7, 11) is 1.79. The predicted molar refractivity (Wildman–Crippen MR) is 122 cm³/mol. The highest BCUT2D eigenvalue weighted by molar-refractivity contribution is 7.99. The molecule has 0 fully saturated rings. The fourth-order valence-corrected chi connectivity index (χ4v) is 4.69. The highest BCUT2D eigenvalue weighted by Gasteiger charge is 2.18. The Hall–Kier alpha value is -3.11. The maximum absolute atomic E-state index is 12.9. The molecular weight excluding hydrogens is 420 g/mol. The smallest absolute Gasteiger partial charge is 0.295 e. The van der Waals surface area contributed by atoms with Crippen LogP contribution in [-0.2, 0) is 11.8 Å². The Balaban J connectivity index is 1.43. The molecule has 3 heterocycles. The van der Waals surface area contributed by atoms with E-state index in [4.69, 9.17) is 5.73 Å². The molecule has 0 unspecified atom stereocenters. The number of thioether (sulfide) groups is 1. The molecule has 0 aliphatic rings. The molecule has 3 aromatic heterocycles. The van der Waals surface area contributed by atoms with Crippen LogP contribution in [0.25, 0.3) is 15.9 Å². The number of aromatic nitrogens is 4. The van der Waals surface area contributed by atoms with Crippen LogP contribution in [0.5, 0.6) is 0 Å². The Morgan fingerprint density at radius 1 is 1.23 bits per heavy atom. The maximum atomic E-state index is 12.9. The van der Waals surface area contributed by atoms with Gasteiger partial charge in [0, 0.05) is 19.2 Å². The van der Waals surface area contributed by atoms with Gasteiger partial charge in [-0.2, -0.15) is 0 Å². The van der Waals surface area contributed by atoms with Crippen molar-refractivity contribution in [2.24, 2.45) is 7.05 Å². The standard InChI is InChI=1S/C20H20N6O2S2/c1-12-16(19(28)26(25(12)2)13-6-4-3-5-7-13)22-15(27)9-11-30-20-23-17(21)14-8-10-29-18(14)24-20/h3-8,10H,9,11H2,1-2H3,(H,22,27)(H2,21,23,24). The molecule has 0 radical (unpaired) electrons. The number of carbonyl (C=O) groups is 1. The number of carbonyl (C=O) groups excluding carboxylic acids is 1. The van der Waals surface area contributed by atoms with Gasteiger partial charge in [-0.3, -0.25) is 14.3 Å². The van der Waals surface area contributed by atoms with Crippen LogP contribution < -0.4 is 16.6 Å². The van der Waals surface area contributed by atoms with E-state index in [0.717, 1.165) is 15.9 Å². The molecule has 4 rings (SSSR count). The lowest BCUT2D eigenvalue weighted by molar-refractivity contribution is -0.115. The first-order valence-electron chi connectivity index (χ1n) is 9.23. The third-order valence-corrected chi connectivity index (χ3v) is 6.37. The Labute approximate surface area is 180 Å². The van der Waals surface area contributed by atoms with Gasteiger partial charge in [-0.1, -0.05) is 30.0 Å². The van der Waals surface area contributed by atoms with Crippen LogP contribution in [-0.4, -0.2) is 31.0 Å². The summed E-state index contributed by atoms with van der Waals surface area (Å²) in [5.41, 5.74) is 7.41. The fraction of sp³-hybridized carbons (Fsp3) is 0.200. The van der Waals surface area contributed by atoms with Crippen LogP contribution in [0.4, 0.5) is 11.5 Å². The molecule has 0 bridgehead atoms. The number of thiophene rings is 1. The number of hydrogen-bond donors (Lipinski definition) is 2. The van der Waals surface area contributed by atoms with Gasteiger partial charge in [-0.25, -0.2) is 14.6 Å². The number of fused-ring (bicyclic) bond motifs is 1. The summed E-state index contributed by atoms with van der Waals surface area (Å²) >= 11 is 2.86. The summed E-state index contributed by atoms with van der Waals surface area (Å²) in [5.74, 6) is 0.675. The van der Waals surface area contributed by atoms with Gasteiger partial charge < -0.3 is 11.1 Å². The highest BCUT2D eigenvalue weighted by Crippen LogP contribution is 2.26. The second kappa shape index (κ2) is 8.33. The minimum atomic E-state index is -0.263. The zero-order valence-electron chi connectivity index (χ0n) is 16.5. The van der Waals surface area contributed by atoms with Gasteiger partial charge in [0.05, 0.1) is 16.8 Å². The molecule has 4 aromatic rings. The molecular formula is C20H20N6O2S2. The number of rotatable bonds is 6. The van der Waals surface area contributed by atoms with E-state index in [2.05, 4.69) is 15.3 Å². The zero-order chi connectivity index (χ0) is 21.3. The van der Waals surface area contributed by atoms with E-state index in [1.807, 2.05) is 41.8 Å². The number of anilines is 2. The van der Waals surface area contributed by atoms with Gasteiger partial charge in [0.25, 0.3) is 5.56 Å². The molecule has 0 atom stereocenters. The van der Waals surface area contributed by atoms with Crippen molar-refractivity contribution in [3.05, 3.63) is 57.8 Å². The van der Waals surface area contributed by atoms with Gasteiger partial charge in [-0.15, -0.1) is 11.3 Å². The minimum absolute atomic E-state index is 0.218. The Morgan fingerprint density at radius 3 is 2.77 bits per heavy atom. The number of nitrogens with two attached hydrogens (primary N) is 1. The number of benzene rings is 1. The number of hydrogen-bond acceptors (Lipinski definition) is 7. The molecule has 0 saturated carbocycles. The van der Waals surface area contributed by atoms with E-state index in [1.165, 1.54) is 27.8 Å². The lowest BCUT2D eigenvalue weighted by Crippen LogP contribution is -2.23. The summed E-state index contributed by atoms with van der Waals surface area (Å²) in [6.45, 7) is 1.80. The lowest BCUT2D eigenvalue weighted by atomic mass is 10.3. The van der Waals surface area contributed by atoms with E-state index >= 15 is 0 Å². The average molecular weight is 441 g/mol. The first-order chi connectivity index (χ1) is 14.5. The number of amides is 1. The molecule has 1 amide bonds. The summed E-state index contributed by atoms with van der Waals surface area (Å²) in [6, 6.07) is 11.2. The second-order valence-corrected chi connectivity index (χ2v) is 8.57. The fourth-order valence-electron chi connectivity index (χ4n) is 3.07. The van der Waals surface area contributed by atoms with Crippen molar-refractivity contribution < 1.29 is 4.79 Å². The molecule has 3 N–H and O–H groups in total. The average Bonchev–Trinajstić information content (AvgIpc) is 3.28. The van der Waals surface area contributed by atoms with E-state index < -0.39 is 0 Å². The van der Waals surface area contributed by atoms with Crippen molar-refractivity contribution in [2.45, 2.75) is 18.5 Å². The number of nitrogen functional groups attached to an aromatic ring is 1. The molecule has 0 spiro atoms. The SMILES string of the molecule is Cc1c(NC(=O)CCSc2nc(N)c3ccsc3n2)c(=O)n(-c2ccccc2)n1C. The summed E-state index contributed by atoms with van der Waals surface area (Å²) in [4.78, 5) is 34.9. The van der Waals surface area contributed by atoms with Crippen molar-refractivity contribution in [3.8, 4) is 5.69 Å². The van der Waals surface area contributed by atoms with Crippen LogP contribution in [0, 0.1) is 6.92 Å². The van der Waals surface area contributed by atoms with E-state index in [0.29, 0.717) is 22.4 Å². The van der Waals surface area contributed by atoms with Crippen LogP contribution in [0.15, 0.2) is 51.7 Å². The van der Waals surface area contributed by atoms with Crippen LogP contribution in [0.3, 0.4) is 0 Å². The molecule has 8 nitrogen and oxygen atoms in total. The normalized spacial score (nSPS) is 11.1. The van der Waals surface area contributed by atoms with Gasteiger partial charge in [0.2, 0.25) is 5.91 Å². The lowest BCUT2D eigenvalue weighted by Gasteiger charge is -2.07. The van der Waals surface area contributed by atoms with Crippen molar-refractivity contribution in [2.75, 3.05) is 16.8 Å². The number of para-hydroxylation sites is 1. The van der Waals surface area contributed by atoms with E-state index in [9.17, 15) is 9.59 Å². The van der Waals surface area contributed by atoms with Crippen LogP contribution in [0.1, 0.15) is 12.1 Å². The summed E-state index contributed by atoms with van der Waals surface area (Å²) in [5, 5.41) is 6.06. The summed E-state index contributed by atoms with van der Waals surface area (Å²) in [6.07, 6.45) is 0.218. The molecule has 30 heavy (non-hydrogen) atoms. The number of nitrogens with one attached hydrogen (secondary N) is 1. The third kappa shape index (κ3) is 3.83. The first-order valence-corrected chi connectivity index (χ1v) is 11.1. The second-order valence-electron chi connectivity index (χ2n) is 6.61. The van der Waals surface area contributed by atoms with E-state index in [1.54, 1.807) is 18.7 Å². The van der Waals surface area contributed by atoms with Gasteiger partial charge in [0.15, 0.2) is 5.16 Å². The van der Waals surface area contributed by atoms with E-state index in [-0.39, 0.29) is 23.6 Å². The van der Waals surface area contributed by atoms with Crippen LogP contribution >= 0.6 is 23.1 Å². The van der Waals surface area contributed by atoms with Gasteiger partial charge in [-0.05, 0) is 30.5 Å². The molecule has 0 saturated heterocycles. The first kappa shape index (κ1) is 20.2. The van der Waals surface area contributed by atoms with Gasteiger partial charge >= 0.3 is 0 Å². The molecule has 154 valence electrons. The largest absolute Gasteiger partial charge is 0.383 e. The minimum Gasteiger partial charge on any atom is -0.383 e. The predicted octanol–water partition coefficient (Wildman–Crippen LogP) is 3.19. The van der Waals surface area contributed by atoms with Crippen LogP contribution in [0.2, 0.25) is 0 Å². The topological polar surface area (TPSA) is 108 Å². The van der Waals surface area contributed by atoms with Gasteiger partial charge in [0.1, 0.15) is 16.3 Å². The summed E-state index contributed by atoms with van der Waals surface area (Å²) < 4.78 is 3.27. The highest BCUT2D eigenvalue weighted by atomic mass is 32.2. The molecule has 1 aromatic carbocycles. The molecule has 0 aliphatic carbocycles. The van der Waals surface area contributed by atoms with Crippen molar-refractivity contribution in [3.63, 3.8) is 0 Å². The Bertz CT molecular complexity index is 1280. The van der Waals surface area contributed by atoms with Crippen molar-refractivity contribution >= 4 is 50.7 Å². The van der Waals surface area contributed by atoms with Crippen molar-refractivity contribution in [1.29, 1.82) is 0 Å².